The molecule has 1 aromatic heterocycles. The smallest absolute Gasteiger partial charge is 0.0794 e. The van der Waals surface area contributed by atoms with E-state index in [0.717, 1.165) is 0 Å². The van der Waals surface area contributed by atoms with E-state index in [1.54, 1.807) is 11.3 Å². The molecule has 1 heterocycles. The van der Waals surface area contributed by atoms with E-state index in [2.05, 4.69) is 10.4 Å². The number of nitrogens with two attached hydrogens (primary N) is 1. The minimum absolute atomic E-state index is 0.377. The largest absolute Gasteiger partial charge is 0.327 e. The van der Waals surface area contributed by atoms with Crippen LogP contribution in [-0.2, 0) is 0 Å². The molecular weight excluding hydrogens is 144 g/mol. The molecule has 0 radical (unpaired) electrons. The van der Waals surface area contributed by atoms with Crippen LogP contribution in [0, 0.1) is 0 Å². The first kappa shape index (κ1) is 6.31. The lowest BCUT2D eigenvalue weighted by Crippen LogP contribution is -2.37. The summed E-state index contributed by atoms with van der Waals surface area (Å²) in [7, 11) is 0. The quantitative estimate of drug-likeness (QED) is 0.663. The van der Waals surface area contributed by atoms with Gasteiger partial charge in [-0.3, -0.25) is 0 Å². The molecule has 1 saturated carbocycles. The Morgan fingerprint density at radius 1 is 1.60 bits per heavy atom. The summed E-state index contributed by atoms with van der Waals surface area (Å²) in [6, 6.07) is 0.377. The molecule has 2 unspecified atom stereocenters. The third-order valence-corrected chi connectivity index (χ3v) is 2.76. The third-order valence-electron chi connectivity index (χ3n) is 2.16. The normalized spacial score (nSPS) is 31.7. The van der Waals surface area contributed by atoms with Gasteiger partial charge in [0.2, 0.25) is 0 Å². The first-order valence-corrected chi connectivity index (χ1v) is 4.46. The van der Waals surface area contributed by atoms with Gasteiger partial charge in [0.25, 0.3) is 0 Å². The molecule has 3 heteroatoms. The molecule has 0 amide bonds. The molecule has 0 bridgehead atoms. The van der Waals surface area contributed by atoms with E-state index in [9.17, 15) is 0 Å². The SMILES string of the molecule is NC1CCC1c1cscn1. The number of nitrogens with zero attached hydrogens (tertiary/aromatic N) is 1. The van der Waals surface area contributed by atoms with Crippen LogP contribution in [0.4, 0.5) is 0 Å². The number of hydrogen-bond acceptors (Lipinski definition) is 3. The second kappa shape index (κ2) is 2.32. The fraction of sp³-hybridized carbons (Fsp3) is 0.571. The Labute approximate surface area is 64.1 Å². The van der Waals surface area contributed by atoms with Gasteiger partial charge in [-0.05, 0) is 12.8 Å². The van der Waals surface area contributed by atoms with Gasteiger partial charge in [-0.1, -0.05) is 0 Å². The Morgan fingerprint density at radius 2 is 2.50 bits per heavy atom. The first-order chi connectivity index (χ1) is 4.88. The summed E-state index contributed by atoms with van der Waals surface area (Å²) < 4.78 is 0. The highest BCUT2D eigenvalue weighted by Crippen LogP contribution is 2.34. The Bertz CT molecular complexity index is 207. The summed E-state index contributed by atoms with van der Waals surface area (Å²) in [6.07, 6.45) is 2.40. The van der Waals surface area contributed by atoms with Crippen LogP contribution in [-0.4, -0.2) is 11.0 Å². The minimum Gasteiger partial charge on any atom is -0.327 e. The van der Waals surface area contributed by atoms with Crippen molar-refractivity contribution in [1.82, 2.24) is 4.98 Å². The van der Waals surface area contributed by atoms with E-state index < -0.39 is 0 Å². The summed E-state index contributed by atoms with van der Waals surface area (Å²) >= 11 is 1.65. The average Bonchev–Trinajstić information content (AvgIpc) is 2.37. The van der Waals surface area contributed by atoms with Gasteiger partial charge in [-0.15, -0.1) is 11.3 Å². The molecule has 2 nitrogen and oxygen atoms in total. The fourth-order valence-corrected chi connectivity index (χ4v) is 1.92. The summed E-state index contributed by atoms with van der Waals surface area (Å²) in [5.74, 6) is 0.561. The molecule has 54 valence electrons. The first-order valence-electron chi connectivity index (χ1n) is 3.51. The van der Waals surface area contributed by atoms with Gasteiger partial charge in [0, 0.05) is 17.3 Å². The number of rotatable bonds is 1. The Hall–Kier alpha value is -0.410. The van der Waals surface area contributed by atoms with E-state index in [1.165, 1.54) is 18.5 Å². The topological polar surface area (TPSA) is 38.9 Å². The summed E-state index contributed by atoms with van der Waals surface area (Å²) in [5, 5.41) is 2.10. The zero-order valence-corrected chi connectivity index (χ0v) is 6.47. The van der Waals surface area contributed by atoms with Crippen LogP contribution in [0.25, 0.3) is 0 Å². The van der Waals surface area contributed by atoms with Crippen molar-refractivity contribution in [3.8, 4) is 0 Å². The zero-order valence-electron chi connectivity index (χ0n) is 5.66. The fourth-order valence-electron chi connectivity index (χ4n) is 1.30. The Morgan fingerprint density at radius 3 is 2.90 bits per heavy atom. The van der Waals surface area contributed by atoms with E-state index in [1.807, 2.05) is 5.51 Å². The second-order valence-electron chi connectivity index (χ2n) is 2.76. The standard InChI is InChI=1S/C7H10N2S/c8-6-2-1-5(6)7-3-10-4-9-7/h3-6H,1-2,8H2. The van der Waals surface area contributed by atoms with Gasteiger partial charge in [-0.2, -0.15) is 0 Å². The predicted molar refractivity (Wildman–Crippen MR) is 42.1 cm³/mol. The van der Waals surface area contributed by atoms with Crippen molar-refractivity contribution in [3.63, 3.8) is 0 Å². The van der Waals surface area contributed by atoms with Crippen LogP contribution in [0.15, 0.2) is 10.9 Å². The number of hydrogen-bond donors (Lipinski definition) is 1. The van der Waals surface area contributed by atoms with E-state index in [0.29, 0.717) is 12.0 Å². The maximum absolute atomic E-state index is 5.78. The Balaban J connectivity index is 2.14. The lowest BCUT2D eigenvalue weighted by molar-refractivity contribution is 0.341. The van der Waals surface area contributed by atoms with Crippen LogP contribution in [0.2, 0.25) is 0 Å². The molecule has 1 aliphatic rings. The second-order valence-corrected chi connectivity index (χ2v) is 3.48. The molecular formula is C7H10N2S. The highest BCUT2D eigenvalue weighted by molar-refractivity contribution is 7.07. The van der Waals surface area contributed by atoms with Gasteiger partial charge in [0.15, 0.2) is 0 Å². The van der Waals surface area contributed by atoms with Crippen molar-refractivity contribution in [2.24, 2.45) is 5.73 Å². The van der Waals surface area contributed by atoms with Gasteiger partial charge < -0.3 is 5.73 Å². The van der Waals surface area contributed by atoms with Crippen molar-refractivity contribution >= 4 is 11.3 Å². The molecule has 0 saturated heterocycles. The van der Waals surface area contributed by atoms with Crippen LogP contribution in [0.3, 0.4) is 0 Å². The summed E-state index contributed by atoms with van der Waals surface area (Å²) in [4.78, 5) is 4.23. The van der Waals surface area contributed by atoms with E-state index in [4.69, 9.17) is 5.73 Å². The number of aromatic nitrogens is 1. The maximum atomic E-state index is 5.78. The van der Waals surface area contributed by atoms with Crippen LogP contribution in [0.5, 0.6) is 0 Å². The Kier molecular flexibility index (Phi) is 1.47. The van der Waals surface area contributed by atoms with Gasteiger partial charge >= 0.3 is 0 Å². The predicted octanol–water partition coefficient (Wildman–Crippen LogP) is 1.35. The molecule has 0 aromatic carbocycles. The highest BCUT2D eigenvalue weighted by atomic mass is 32.1. The number of thiazole rings is 1. The highest BCUT2D eigenvalue weighted by Gasteiger charge is 2.29. The molecule has 2 N–H and O–H groups in total. The molecule has 0 aliphatic heterocycles. The van der Waals surface area contributed by atoms with Crippen molar-refractivity contribution in [2.45, 2.75) is 24.8 Å². The van der Waals surface area contributed by atoms with Crippen molar-refractivity contribution in [1.29, 1.82) is 0 Å². The average molecular weight is 154 g/mol. The molecule has 1 aliphatic carbocycles. The molecule has 2 atom stereocenters. The van der Waals surface area contributed by atoms with Crippen LogP contribution >= 0.6 is 11.3 Å². The van der Waals surface area contributed by atoms with E-state index in [-0.39, 0.29) is 0 Å². The molecule has 10 heavy (non-hydrogen) atoms. The molecule has 0 spiro atoms. The molecule has 1 aromatic rings. The lowest BCUT2D eigenvalue weighted by atomic mass is 9.78. The van der Waals surface area contributed by atoms with Crippen LogP contribution < -0.4 is 5.73 Å². The van der Waals surface area contributed by atoms with Crippen molar-refractivity contribution in [2.75, 3.05) is 0 Å². The van der Waals surface area contributed by atoms with Crippen molar-refractivity contribution in [3.05, 3.63) is 16.6 Å². The molecule has 2 rings (SSSR count). The maximum Gasteiger partial charge on any atom is 0.0794 e. The molecule has 1 fully saturated rings. The van der Waals surface area contributed by atoms with Gasteiger partial charge in [0.1, 0.15) is 0 Å². The van der Waals surface area contributed by atoms with Gasteiger partial charge in [-0.25, -0.2) is 4.98 Å². The van der Waals surface area contributed by atoms with Crippen molar-refractivity contribution < 1.29 is 0 Å². The third kappa shape index (κ3) is 0.859. The van der Waals surface area contributed by atoms with Gasteiger partial charge in [0.05, 0.1) is 11.2 Å². The van der Waals surface area contributed by atoms with Crippen LogP contribution in [0.1, 0.15) is 24.5 Å². The van der Waals surface area contributed by atoms with E-state index >= 15 is 0 Å². The summed E-state index contributed by atoms with van der Waals surface area (Å²) in [6.45, 7) is 0. The monoisotopic (exact) mass is 154 g/mol. The minimum atomic E-state index is 0.377. The lowest BCUT2D eigenvalue weighted by Gasteiger charge is -2.31. The summed E-state index contributed by atoms with van der Waals surface area (Å²) in [5.41, 5.74) is 8.85. The zero-order chi connectivity index (χ0) is 6.97.